The van der Waals surface area contributed by atoms with Crippen molar-refractivity contribution in [2.24, 2.45) is 10.8 Å². The van der Waals surface area contributed by atoms with Crippen LogP contribution in [0.1, 0.15) is 40.5 Å². The van der Waals surface area contributed by atoms with Gasteiger partial charge >= 0.3 is 0 Å². The topological polar surface area (TPSA) is 34.1 Å². The molecule has 0 saturated carbocycles. The molecule has 0 saturated heterocycles. The summed E-state index contributed by atoms with van der Waals surface area (Å²) in [6.07, 6.45) is 5.13. The van der Waals surface area contributed by atoms with Crippen molar-refractivity contribution in [3.63, 3.8) is 0 Å². The molecule has 0 aromatic carbocycles. The highest BCUT2D eigenvalue weighted by Crippen LogP contribution is 2.50. The number of thioether (sulfide) groups is 2. The minimum absolute atomic E-state index is 0.0955. The van der Waals surface area contributed by atoms with Gasteiger partial charge in [0.15, 0.2) is 0 Å². The van der Waals surface area contributed by atoms with Crippen molar-refractivity contribution in [1.29, 1.82) is 0 Å². The van der Waals surface area contributed by atoms with E-state index in [9.17, 15) is 9.59 Å². The van der Waals surface area contributed by atoms with Gasteiger partial charge in [0.2, 0.25) is 0 Å². The zero-order chi connectivity index (χ0) is 15.0. The monoisotopic (exact) mass is 312 g/mol. The van der Waals surface area contributed by atoms with Crippen LogP contribution in [0.4, 0.5) is 0 Å². The fourth-order valence-electron chi connectivity index (χ4n) is 3.17. The predicted octanol–water partition coefficient (Wildman–Crippen LogP) is 3.74. The molecular weight excluding hydrogens is 288 g/mol. The van der Waals surface area contributed by atoms with Crippen molar-refractivity contribution >= 4 is 35.1 Å². The van der Waals surface area contributed by atoms with Gasteiger partial charge < -0.3 is 0 Å². The Bertz CT molecular complexity index is 406. The standard InChI is InChI=1S/C16H24O2S2/c1-5-19-13-9-11(17)16(4)8-7-15(13,3)12(18)10-14(16)20-6-2/h7-8,13-14H,5-6,9-10H2,1-4H3/t13-,14-,15+,16+/m0/s1. The summed E-state index contributed by atoms with van der Waals surface area (Å²) < 4.78 is 0. The maximum Gasteiger partial charge on any atom is 0.144 e. The van der Waals surface area contributed by atoms with Crippen LogP contribution < -0.4 is 0 Å². The third kappa shape index (κ3) is 2.50. The molecule has 0 unspecified atom stereocenters. The summed E-state index contributed by atoms with van der Waals surface area (Å²) in [6.45, 7) is 8.24. The van der Waals surface area contributed by atoms with Gasteiger partial charge in [-0.05, 0) is 25.4 Å². The van der Waals surface area contributed by atoms with Gasteiger partial charge in [0.1, 0.15) is 11.6 Å². The lowest BCUT2D eigenvalue weighted by Gasteiger charge is -2.38. The Morgan fingerprint density at radius 3 is 1.60 bits per heavy atom. The molecule has 0 spiro atoms. The molecule has 112 valence electrons. The van der Waals surface area contributed by atoms with E-state index in [2.05, 4.69) is 13.8 Å². The van der Waals surface area contributed by atoms with Crippen LogP contribution in [0.25, 0.3) is 0 Å². The van der Waals surface area contributed by atoms with Gasteiger partial charge in [-0.25, -0.2) is 0 Å². The number of Topliss-reactive ketones (excluding diaryl/α,β-unsaturated/α-hetero) is 2. The zero-order valence-corrected chi connectivity index (χ0v) is 14.4. The average molecular weight is 313 g/mol. The molecule has 0 aromatic heterocycles. The third-order valence-electron chi connectivity index (χ3n) is 4.79. The molecule has 0 N–H and O–H groups in total. The van der Waals surface area contributed by atoms with Gasteiger partial charge in [0, 0.05) is 23.3 Å². The molecule has 2 aliphatic carbocycles. The molecule has 2 aliphatic rings. The Morgan fingerprint density at radius 1 is 0.950 bits per heavy atom. The SMILES string of the molecule is CCS[C@H]1CC(=O)[C@@]2(C)C=C[C@]1(C)C(=O)C[C@@H]2SCC. The van der Waals surface area contributed by atoms with Crippen molar-refractivity contribution in [3.05, 3.63) is 12.2 Å². The largest absolute Gasteiger partial charge is 0.299 e. The van der Waals surface area contributed by atoms with E-state index < -0.39 is 10.8 Å². The Hall–Kier alpha value is -0.220. The summed E-state index contributed by atoms with van der Waals surface area (Å²) in [6, 6.07) is 0. The number of ketones is 2. The molecule has 0 radical (unpaired) electrons. The van der Waals surface area contributed by atoms with E-state index in [1.54, 1.807) is 23.5 Å². The van der Waals surface area contributed by atoms with Crippen LogP contribution in [-0.4, -0.2) is 33.6 Å². The van der Waals surface area contributed by atoms with Crippen molar-refractivity contribution in [2.75, 3.05) is 11.5 Å². The molecule has 0 aromatic rings. The van der Waals surface area contributed by atoms with Crippen molar-refractivity contribution in [3.8, 4) is 0 Å². The predicted molar refractivity (Wildman–Crippen MR) is 88.4 cm³/mol. The lowest BCUT2D eigenvalue weighted by atomic mass is 9.74. The second-order valence-corrected chi connectivity index (χ2v) is 9.00. The van der Waals surface area contributed by atoms with Crippen LogP contribution in [0.3, 0.4) is 0 Å². The first-order valence-electron chi connectivity index (χ1n) is 7.38. The fourth-order valence-corrected chi connectivity index (χ4v) is 5.63. The van der Waals surface area contributed by atoms with Crippen LogP contribution >= 0.6 is 23.5 Å². The van der Waals surface area contributed by atoms with E-state index in [1.165, 1.54) is 0 Å². The lowest BCUT2D eigenvalue weighted by Crippen LogP contribution is -2.45. The first kappa shape index (κ1) is 16.2. The van der Waals surface area contributed by atoms with Crippen molar-refractivity contribution in [2.45, 2.75) is 51.0 Å². The van der Waals surface area contributed by atoms with E-state index in [4.69, 9.17) is 0 Å². The number of rotatable bonds is 4. The summed E-state index contributed by atoms with van der Waals surface area (Å²) in [7, 11) is 0. The van der Waals surface area contributed by atoms with Crippen LogP contribution in [0.2, 0.25) is 0 Å². The van der Waals surface area contributed by atoms with Gasteiger partial charge in [-0.1, -0.05) is 26.0 Å². The Kier molecular flexibility index (Phi) is 4.75. The maximum atomic E-state index is 12.8. The molecule has 0 amide bonds. The highest BCUT2D eigenvalue weighted by molar-refractivity contribution is 8.00. The molecule has 4 heteroatoms. The van der Waals surface area contributed by atoms with E-state index in [-0.39, 0.29) is 10.5 Å². The summed E-state index contributed by atoms with van der Waals surface area (Å²) >= 11 is 3.51. The molecule has 0 fully saturated rings. The number of fused-ring (bicyclic) bond motifs is 2. The second-order valence-electron chi connectivity index (χ2n) is 6.04. The van der Waals surface area contributed by atoms with E-state index in [0.29, 0.717) is 24.4 Å². The van der Waals surface area contributed by atoms with Crippen LogP contribution in [0.15, 0.2) is 12.2 Å². The lowest BCUT2D eigenvalue weighted by molar-refractivity contribution is -0.130. The van der Waals surface area contributed by atoms with E-state index >= 15 is 0 Å². The Morgan fingerprint density at radius 2 is 1.30 bits per heavy atom. The molecule has 2 rings (SSSR count). The minimum Gasteiger partial charge on any atom is -0.299 e. The number of allylic oxidation sites excluding steroid dienone is 2. The number of hydrogen-bond donors (Lipinski definition) is 0. The van der Waals surface area contributed by atoms with Crippen LogP contribution in [-0.2, 0) is 9.59 Å². The average Bonchev–Trinajstić information content (AvgIpc) is 2.57. The fraction of sp³-hybridized carbons (Fsp3) is 0.750. The highest BCUT2D eigenvalue weighted by Gasteiger charge is 2.52. The summed E-state index contributed by atoms with van der Waals surface area (Å²) in [5.74, 6) is 2.50. The second kappa shape index (κ2) is 5.88. The molecule has 0 heterocycles. The first-order valence-corrected chi connectivity index (χ1v) is 9.48. The smallest absolute Gasteiger partial charge is 0.144 e. The van der Waals surface area contributed by atoms with Gasteiger partial charge in [0.05, 0.1) is 10.8 Å². The Balaban J connectivity index is 2.45. The number of hydrogen-bond acceptors (Lipinski definition) is 4. The molecule has 2 nitrogen and oxygen atoms in total. The van der Waals surface area contributed by atoms with E-state index in [1.807, 2.05) is 26.0 Å². The summed E-state index contributed by atoms with van der Waals surface area (Å²) in [5.41, 5.74) is -0.950. The van der Waals surface area contributed by atoms with Gasteiger partial charge in [-0.3, -0.25) is 9.59 Å². The van der Waals surface area contributed by atoms with Crippen LogP contribution in [0, 0.1) is 10.8 Å². The molecular formula is C16H24O2S2. The van der Waals surface area contributed by atoms with Gasteiger partial charge in [0.25, 0.3) is 0 Å². The van der Waals surface area contributed by atoms with E-state index in [0.717, 1.165) is 11.5 Å². The number of carbonyl (C=O) groups excluding carboxylic acids is 2. The molecule has 0 aliphatic heterocycles. The Labute approximate surface area is 130 Å². The van der Waals surface area contributed by atoms with Gasteiger partial charge in [-0.15, -0.1) is 0 Å². The molecule has 20 heavy (non-hydrogen) atoms. The minimum atomic E-state index is -0.475. The van der Waals surface area contributed by atoms with Crippen molar-refractivity contribution in [1.82, 2.24) is 0 Å². The molecule has 4 atom stereocenters. The van der Waals surface area contributed by atoms with Crippen LogP contribution in [0.5, 0.6) is 0 Å². The number of carbonyl (C=O) groups is 2. The quantitative estimate of drug-likeness (QED) is 0.741. The first-order chi connectivity index (χ1) is 9.38. The summed E-state index contributed by atoms with van der Waals surface area (Å²) in [4.78, 5) is 25.6. The molecule has 2 bridgehead atoms. The normalized spacial score (nSPS) is 40.8. The van der Waals surface area contributed by atoms with Gasteiger partial charge in [-0.2, -0.15) is 23.5 Å². The zero-order valence-electron chi connectivity index (χ0n) is 12.8. The maximum absolute atomic E-state index is 12.8. The summed E-state index contributed by atoms with van der Waals surface area (Å²) in [5, 5.41) is 0.191. The highest BCUT2D eigenvalue weighted by atomic mass is 32.2. The third-order valence-corrected chi connectivity index (χ3v) is 7.58. The van der Waals surface area contributed by atoms with Crippen molar-refractivity contribution < 1.29 is 9.59 Å².